The Bertz CT molecular complexity index is 125. The average molecular weight is 156 g/mol. The SMILES string of the molecule is CCCC(=O)C(C)(C)CCC. The molecule has 0 saturated carbocycles. The number of carbonyl (C=O) groups is 1. The second-order valence-corrected chi connectivity index (χ2v) is 3.81. The standard InChI is InChI=1S/C10H20O/c1-5-7-9(11)10(3,4)8-6-2/h5-8H2,1-4H3. The highest BCUT2D eigenvalue weighted by Crippen LogP contribution is 2.25. The van der Waals surface area contributed by atoms with Gasteiger partial charge in [0.1, 0.15) is 5.78 Å². The lowest BCUT2D eigenvalue weighted by atomic mass is 9.82. The van der Waals surface area contributed by atoms with Gasteiger partial charge >= 0.3 is 0 Å². The van der Waals surface area contributed by atoms with E-state index in [1.54, 1.807) is 0 Å². The lowest BCUT2D eigenvalue weighted by Gasteiger charge is -2.21. The monoisotopic (exact) mass is 156 g/mol. The van der Waals surface area contributed by atoms with Gasteiger partial charge in [0.05, 0.1) is 0 Å². The fraction of sp³-hybridized carbons (Fsp3) is 0.900. The van der Waals surface area contributed by atoms with E-state index in [1.165, 1.54) is 0 Å². The molecular formula is C10H20O. The van der Waals surface area contributed by atoms with Gasteiger partial charge in [0, 0.05) is 11.8 Å². The third kappa shape index (κ3) is 3.54. The fourth-order valence-electron chi connectivity index (χ4n) is 1.33. The Morgan fingerprint density at radius 2 is 1.73 bits per heavy atom. The first-order valence-electron chi connectivity index (χ1n) is 4.58. The van der Waals surface area contributed by atoms with Crippen LogP contribution in [0.25, 0.3) is 0 Å². The van der Waals surface area contributed by atoms with Gasteiger partial charge in [-0.25, -0.2) is 0 Å². The summed E-state index contributed by atoms with van der Waals surface area (Å²) in [7, 11) is 0. The molecule has 0 aromatic carbocycles. The molecule has 0 rings (SSSR count). The molecule has 0 saturated heterocycles. The van der Waals surface area contributed by atoms with E-state index in [4.69, 9.17) is 0 Å². The first-order chi connectivity index (χ1) is 5.04. The van der Waals surface area contributed by atoms with Crippen LogP contribution in [0.3, 0.4) is 0 Å². The predicted octanol–water partition coefficient (Wildman–Crippen LogP) is 3.18. The lowest BCUT2D eigenvalue weighted by Crippen LogP contribution is -2.23. The maximum atomic E-state index is 11.5. The van der Waals surface area contributed by atoms with Crippen LogP contribution in [-0.4, -0.2) is 5.78 Å². The Labute approximate surface area is 70.2 Å². The van der Waals surface area contributed by atoms with Crippen LogP contribution in [0.15, 0.2) is 0 Å². The summed E-state index contributed by atoms with van der Waals surface area (Å²) >= 11 is 0. The number of ketones is 1. The molecule has 0 aromatic heterocycles. The summed E-state index contributed by atoms with van der Waals surface area (Å²) in [6.07, 6.45) is 3.84. The van der Waals surface area contributed by atoms with E-state index in [0.29, 0.717) is 5.78 Å². The van der Waals surface area contributed by atoms with E-state index >= 15 is 0 Å². The molecule has 1 heteroatoms. The van der Waals surface area contributed by atoms with Crippen molar-refractivity contribution in [2.24, 2.45) is 5.41 Å². The zero-order chi connectivity index (χ0) is 8.91. The zero-order valence-electron chi connectivity index (χ0n) is 8.24. The molecule has 1 nitrogen and oxygen atoms in total. The quantitative estimate of drug-likeness (QED) is 0.597. The molecule has 0 fully saturated rings. The summed E-state index contributed by atoms with van der Waals surface area (Å²) < 4.78 is 0. The minimum absolute atomic E-state index is 0.0786. The smallest absolute Gasteiger partial charge is 0.138 e. The highest BCUT2D eigenvalue weighted by molar-refractivity contribution is 5.83. The molecule has 66 valence electrons. The summed E-state index contributed by atoms with van der Waals surface area (Å²) in [5.74, 6) is 0.418. The minimum atomic E-state index is -0.0786. The molecule has 0 aromatic rings. The van der Waals surface area contributed by atoms with Gasteiger partial charge in [-0.05, 0) is 12.8 Å². The number of rotatable bonds is 5. The van der Waals surface area contributed by atoms with Crippen LogP contribution in [-0.2, 0) is 4.79 Å². The molecule has 0 unspecified atom stereocenters. The molecule has 0 heterocycles. The summed E-state index contributed by atoms with van der Waals surface area (Å²) in [6.45, 7) is 8.28. The van der Waals surface area contributed by atoms with Crippen LogP contribution in [0.4, 0.5) is 0 Å². The van der Waals surface area contributed by atoms with E-state index in [0.717, 1.165) is 25.7 Å². The zero-order valence-corrected chi connectivity index (χ0v) is 8.24. The third-order valence-electron chi connectivity index (χ3n) is 2.11. The van der Waals surface area contributed by atoms with Gasteiger partial charge in [-0.2, -0.15) is 0 Å². The predicted molar refractivity (Wildman–Crippen MR) is 48.6 cm³/mol. The second kappa shape index (κ2) is 4.53. The Balaban J connectivity index is 3.94. The minimum Gasteiger partial charge on any atom is -0.299 e. The summed E-state index contributed by atoms with van der Waals surface area (Å²) in [4.78, 5) is 11.5. The van der Waals surface area contributed by atoms with Crippen LogP contribution >= 0.6 is 0 Å². The Morgan fingerprint density at radius 3 is 2.09 bits per heavy atom. The molecule has 0 aliphatic carbocycles. The van der Waals surface area contributed by atoms with Crippen molar-refractivity contribution < 1.29 is 4.79 Å². The third-order valence-corrected chi connectivity index (χ3v) is 2.11. The lowest BCUT2D eigenvalue weighted by molar-refractivity contribution is -0.127. The van der Waals surface area contributed by atoms with Gasteiger partial charge in [0.25, 0.3) is 0 Å². The molecule has 11 heavy (non-hydrogen) atoms. The van der Waals surface area contributed by atoms with E-state index in [2.05, 4.69) is 27.7 Å². The number of carbonyl (C=O) groups excluding carboxylic acids is 1. The molecule has 0 bridgehead atoms. The van der Waals surface area contributed by atoms with Crippen molar-refractivity contribution in [3.63, 3.8) is 0 Å². The molecule has 0 spiro atoms. The topological polar surface area (TPSA) is 17.1 Å². The van der Waals surface area contributed by atoms with Crippen molar-refractivity contribution in [2.45, 2.75) is 53.4 Å². The molecular weight excluding hydrogens is 136 g/mol. The summed E-state index contributed by atoms with van der Waals surface area (Å²) in [6, 6.07) is 0. The van der Waals surface area contributed by atoms with Crippen LogP contribution in [0.1, 0.15) is 53.4 Å². The van der Waals surface area contributed by atoms with Crippen LogP contribution in [0.5, 0.6) is 0 Å². The maximum absolute atomic E-state index is 11.5. The largest absolute Gasteiger partial charge is 0.299 e. The van der Waals surface area contributed by atoms with Crippen molar-refractivity contribution in [1.82, 2.24) is 0 Å². The van der Waals surface area contributed by atoms with Gasteiger partial charge in [-0.1, -0.05) is 34.1 Å². The van der Waals surface area contributed by atoms with Gasteiger partial charge in [-0.15, -0.1) is 0 Å². The van der Waals surface area contributed by atoms with E-state index in [-0.39, 0.29) is 5.41 Å². The van der Waals surface area contributed by atoms with Gasteiger partial charge in [0.15, 0.2) is 0 Å². The summed E-state index contributed by atoms with van der Waals surface area (Å²) in [5, 5.41) is 0. The highest BCUT2D eigenvalue weighted by Gasteiger charge is 2.24. The van der Waals surface area contributed by atoms with Crippen molar-refractivity contribution in [3.05, 3.63) is 0 Å². The number of Topliss-reactive ketones (excluding diaryl/α,β-unsaturated/α-hetero) is 1. The van der Waals surface area contributed by atoms with E-state index in [9.17, 15) is 4.79 Å². The molecule has 0 aliphatic rings. The first kappa shape index (κ1) is 10.7. The van der Waals surface area contributed by atoms with Crippen LogP contribution < -0.4 is 0 Å². The molecule has 0 atom stereocenters. The van der Waals surface area contributed by atoms with Crippen molar-refractivity contribution in [2.75, 3.05) is 0 Å². The number of hydrogen-bond acceptors (Lipinski definition) is 1. The molecule has 0 N–H and O–H groups in total. The summed E-state index contributed by atoms with van der Waals surface area (Å²) in [5.41, 5.74) is -0.0786. The average Bonchev–Trinajstić information content (AvgIpc) is 1.88. The second-order valence-electron chi connectivity index (χ2n) is 3.81. The van der Waals surface area contributed by atoms with Crippen LogP contribution in [0.2, 0.25) is 0 Å². The van der Waals surface area contributed by atoms with E-state index < -0.39 is 0 Å². The Kier molecular flexibility index (Phi) is 4.39. The highest BCUT2D eigenvalue weighted by atomic mass is 16.1. The van der Waals surface area contributed by atoms with Crippen molar-refractivity contribution in [3.8, 4) is 0 Å². The Morgan fingerprint density at radius 1 is 1.18 bits per heavy atom. The van der Waals surface area contributed by atoms with Crippen molar-refractivity contribution >= 4 is 5.78 Å². The van der Waals surface area contributed by atoms with Crippen LogP contribution in [0, 0.1) is 5.41 Å². The molecule has 0 aliphatic heterocycles. The fourth-order valence-corrected chi connectivity index (χ4v) is 1.33. The van der Waals surface area contributed by atoms with Gasteiger partial charge in [0.2, 0.25) is 0 Å². The number of hydrogen-bond donors (Lipinski definition) is 0. The first-order valence-corrected chi connectivity index (χ1v) is 4.58. The molecule has 0 amide bonds. The van der Waals surface area contributed by atoms with Gasteiger partial charge < -0.3 is 0 Å². The van der Waals surface area contributed by atoms with E-state index in [1.807, 2.05) is 0 Å². The molecule has 0 radical (unpaired) electrons. The van der Waals surface area contributed by atoms with Crippen molar-refractivity contribution in [1.29, 1.82) is 0 Å². The Hall–Kier alpha value is -0.330. The normalized spacial score (nSPS) is 11.6. The maximum Gasteiger partial charge on any atom is 0.138 e. The van der Waals surface area contributed by atoms with Gasteiger partial charge in [-0.3, -0.25) is 4.79 Å².